The lowest BCUT2D eigenvalue weighted by Gasteiger charge is -2.09. The molecule has 26 heavy (non-hydrogen) atoms. The fourth-order valence-electron chi connectivity index (χ4n) is 2.06. The van der Waals surface area contributed by atoms with Crippen LogP contribution in [0, 0.1) is 0 Å². The number of rotatable bonds is 10. The number of carbonyl (C=O) groups is 2. The summed E-state index contributed by atoms with van der Waals surface area (Å²) in [7, 11) is 1.55. The quantitative estimate of drug-likeness (QED) is 0.563. The highest BCUT2D eigenvalue weighted by Gasteiger charge is 2.06. The standard InChI is InChI=1S/C19H23N3O4/c1-25-12-11-20-18(23)13-21-19(24)14-26-17-9-7-16(8-10-17)22-15-5-3-2-4-6-15/h2-10,22H,11-14H2,1H3,(H,20,23)(H,21,24). The molecular weight excluding hydrogens is 334 g/mol. The Kier molecular flexibility index (Phi) is 7.95. The van der Waals surface area contributed by atoms with Gasteiger partial charge in [-0.2, -0.15) is 0 Å². The second-order valence-electron chi connectivity index (χ2n) is 5.42. The molecule has 2 amide bonds. The zero-order chi connectivity index (χ0) is 18.6. The van der Waals surface area contributed by atoms with Crippen molar-refractivity contribution in [2.45, 2.75) is 0 Å². The van der Waals surface area contributed by atoms with Gasteiger partial charge in [-0.25, -0.2) is 0 Å². The number of methoxy groups -OCH3 is 1. The Hall–Kier alpha value is -3.06. The number of hydrogen-bond donors (Lipinski definition) is 3. The van der Waals surface area contributed by atoms with Crippen LogP contribution in [-0.2, 0) is 14.3 Å². The van der Waals surface area contributed by atoms with Crippen molar-refractivity contribution in [2.75, 3.05) is 38.7 Å². The molecule has 0 saturated heterocycles. The average molecular weight is 357 g/mol. The molecule has 0 aliphatic rings. The number of hydrogen-bond acceptors (Lipinski definition) is 5. The largest absolute Gasteiger partial charge is 0.484 e. The van der Waals surface area contributed by atoms with Crippen molar-refractivity contribution in [2.24, 2.45) is 0 Å². The molecule has 0 radical (unpaired) electrons. The Balaban J connectivity index is 1.68. The highest BCUT2D eigenvalue weighted by atomic mass is 16.5. The second kappa shape index (κ2) is 10.7. The summed E-state index contributed by atoms with van der Waals surface area (Å²) in [5.41, 5.74) is 1.91. The summed E-state index contributed by atoms with van der Waals surface area (Å²) >= 11 is 0. The van der Waals surface area contributed by atoms with Crippen molar-refractivity contribution in [1.29, 1.82) is 0 Å². The van der Waals surface area contributed by atoms with Crippen molar-refractivity contribution >= 4 is 23.2 Å². The highest BCUT2D eigenvalue weighted by Crippen LogP contribution is 2.19. The van der Waals surface area contributed by atoms with Gasteiger partial charge in [0.15, 0.2) is 6.61 Å². The third-order valence-corrected chi connectivity index (χ3v) is 3.36. The molecule has 2 aromatic carbocycles. The van der Waals surface area contributed by atoms with Crippen LogP contribution in [0.4, 0.5) is 11.4 Å². The minimum Gasteiger partial charge on any atom is -0.484 e. The first-order chi connectivity index (χ1) is 12.7. The third kappa shape index (κ3) is 7.23. The SMILES string of the molecule is COCCNC(=O)CNC(=O)COc1ccc(Nc2ccccc2)cc1. The van der Waals surface area contributed by atoms with Gasteiger partial charge in [0.25, 0.3) is 5.91 Å². The molecule has 2 aromatic rings. The third-order valence-electron chi connectivity index (χ3n) is 3.36. The first-order valence-electron chi connectivity index (χ1n) is 8.24. The maximum atomic E-state index is 11.7. The maximum absolute atomic E-state index is 11.7. The van der Waals surface area contributed by atoms with E-state index < -0.39 is 0 Å². The highest BCUT2D eigenvalue weighted by molar-refractivity contribution is 5.85. The van der Waals surface area contributed by atoms with E-state index in [0.717, 1.165) is 11.4 Å². The number of amides is 2. The van der Waals surface area contributed by atoms with E-state index in [0.29, 0.717) is 18.9 Å². The second-order valence-corrected chi connectivity index (χ2v) is 5.42. The molecule has 0 fully saturated rings. The molecule has 3 N–H and O–H groups in total. The summed E-state index contributed by atoms with van der Waals surface area (Å²) in [6, 6.07) is 17.1. The van der Waals surface area contributed by atoms with Crippen molar-refractivity contribution < 1.29 is 19.1 Å². The molecule has 7 nitrogen and oxygen atoms in total. The molecule has 0 unspecified atom stereocenters. The van der Waals surface area contributed by atoms with Crippen LogP contribution in [0.15, 0.2) is 54.6 Å². The molecule has 0 spiro atoms. The van der Waals surface area contributed by atoms with E-state index in [1.54, 1.807) is 19.2 Å². The summed E-state index contributed by atoms with van der Waals surface area (Å²) in [6.45, 7) is 0.589. The zero-order valence-corrected chi connectivity index (χ0v) is 14.7. The molecule has 0 atom stereocenters. The molecule has 0 aromatic heterocycles. The van der Waals surface area contributed by atoms with Gasteiger partial charge >= 0.3 is 0 Å². The van der Waals surface area contributed by atoms with Crippen LogP contribution in [-0.4, -0.2) is 45.2 Å². The Morgan fingerprint density at radius 1 is 0.885 bits per heavy atom. The fraction of sp³-hybridized carbons (Fsp3) is 0.263. The molecule has 0 aliphatic heterocycles. The van der Waals surface area contributed by atoms with Crippen LogP contribution in [0.25, 0.3) is 0 Å². The summed E-state index contributed by atoms with van der Waals surface area (Å²) in [6.07, 6.45) is 0. The van der Waals surface area contributed by atoms with Gasteiger partial charge in [-0.05, 0) is 36.4 Å². The molecule has 0 aliphatic carbocycles. The Labute approximate surface area is 152 Å². The number of carbonyl (C=O) groups excluding carboxylic acids is 2. The lowest BCUT2D eigenvalue weighted by Crippen LogP contribution is -2.39. The van der Waals surface area contributed by atoms with Gasteiger partial charge in [-0.3, -0.25) is 9.59 Å². The van der Waals surface area contributed by atoms with Crippen molar-refractivity contribution in [3.63, 3.8) is 0 Å². The van der Waals surface area contributed by atoms with Crippen LogP contribution < -0.4 is 20.7 Å². The maximum Gasteiger partial charge on any atom is 0.258 e. The summed E-state index contributed by atoms with van der Waals surface area (Å²) < 4.78 is 10.2. The Morgan fingerprint density at radius 2 is 1.58 bits per heavy atom. The van der Waals surface area contributed by atoms with Crippen LogP contribution in [0.1, 0.15) is 0 Å². The van der Waals surface area contributed by atoms with Crippen molar-refractivity contribution in [3.05, 3.63) is 54.6 Å². The van der Waals surface area contributed by atoms with E-state index in [1.165, 1.54) is 0 Å². The summed E-state index contributed by atoms with van der Waals surface area (Å²) in [5, 5.41) is 8.37. The van der Waals surface area contributed by atoms with Crippen molar-refractivity contribution in [3.8, 4) is 5.75 Å². The first-order valence-corrected chi connectivity index (χ1v) is 8.24. The number of benzene rings is 2. The predicted octanol–water partition coefficient (Wildman–Crippen LogP) is 1.69. The van der Waals surface area contributed by atoms with Gasteiger partial charge in [0.1, 0.15) is 5.75 Å². The van der Waals surface area contributed by atoms with Crippen LogP contribution in [0.5, 0.6) is 5.75 Å². The minimum absolute atomic E-state index is 0.0914. The van der Waals surface area contributed by atoms with E-state index in [4.69, 9.17) is 9.47 Å². The number of para-hydroxylation sites is 1. The summed E-state index contributed by atoms with van der Waals surface area (Å²) in [4.78, 5) is 23.2. The topological polar surface area (TPSA) is 88.7 Å². The molecular formula is C19H23N3O4. The molecule has 2 rings (SSSR count). The number of nitrogens with one attached hydrogen (secondary N) is 3. The average Bonchev–Trinajstić information content (AvgIpc) is 2.67. The Bertz CT molecular complexity index is 690. The first kappa shape index (κ1) is 19.3. The van der Waals surface area contributed by atoms with Gasteiger partial charge < -0.3 is 25.4 Å². The lowest BCUT2D eigenvalue weighted by atomic mass is 10.2. The molecule has 0 heterocycles. The van der Waals surface area contributed by atoms with Gasteiger partial charge in [0.05, 0.1) is 13.2 Å². The van der Waals surface area contributed by atoms with E-state index >= 15 is 0 Å². The van der Waals surface area contributed by atoms with Crippen molar-refractivity contribution in [1.82, 2.24) is 10.6 Å². The van der Waals surface area contributed by atoms with Crippen LogP contribution in [0.2, 0.25) is 0 Å². The molecule has 0 bridgehead atoms. The number of anilines is 2. The Morgan fingerprint density at radius 3 is 2.27 bits per heavy atom. The molecule has 138 valence electrons. The summed E-state index contributed by atoms with van der Waals surface area (Å²) in [5.74, 6) is -0.0616. The lowest BCUT2D eigenvalue weighted by molar-refractivity contribution is -0.127. The van der Waals surface area contributed by atoms with Gasteiger partial charge in [0, 0.05) is 25.0 Å². The zero-order valence-electron chi connectivity index (χ0n) is 14.7. The monoisotopic (exact) mass is 357 g/mol. The van der Waals surface area contributed by atoms with E-state index in [9.17, 15) is 9.59 Å². The van der Waals surface area contributed by atoms with Gasteiger partial charge in [-0.1, -0.05) is 18.2 Å². The van der Waals surface area contributed by atoms with E-state index in [1.807, 2.05) is 42.5 Å². The van der Waals surface area contributed by atoms with Gasteiger partial charge in [0.2, 0.25) is 5.91 Å². The molecule has 7 heteroatoms. The molecule has 0 saturated carbocycles. The van der Waals surface area contributed by atoms with Gasteiger partial charge in [-0.15, -0.1) is 0 Å². The van der Waals surface area contributed by atoms with E-state index in [-0.39, 0.29) is 25.0 Å². The normalized spacial score (nSPS) is 10.0. The smallest absolute Gasteiger partial charge is 0.258 e. The minimum atomic E-state index is -0.363. The van der Waals surface area contributed by atoms with Crippen LogP contribution >= 0.6 is 0 Å². The van der Waals surface area contributed by atoms with Crippen LogP contribution in [0.3, 0.4) is 0 Å². The van der Waals surface area contributed by atoms with E-state index in [2.05, 4.69) is 16.0 Å². The predicted molar refractivity (Wildman–Crippen MR) is 99.6 cm³/mol. The fourth-order valence-corrected chi connectivity index (χ4v) is 2.06. The number of ether oxygens (including phenoxy) is 2.